The van der Waals surface area contributed by atoms with Crippen molar-refractivity contribution in [3.8, 4) is 0 Å². The smallest absolute Gasteiger partial charge is 0.347 e. The first-order chi connectivity index (χ1) is 16.7. The fraction of sp³-hybridized carbons (Fsp3) is 0.917. The van der Waals surface area contributed by atoms with Gasteiger partial charge in [0.1, 0.15) is 19.8 Å². The van der Waals surface area contributed by atoms with Crippen LogP contribution in [-0.2, 0) is 42.7 Å². The summed E-state index contributed by atoms with van der Waals surface area (Å²) in [7, 11) is 0. The molecule has 0 aromatic carbocycles. The van der Waals surface area contributed by atoms with Crippen LogP contribution in [0.4, 0.5) is 0 Å². The maximum Gasteiger partial charge on any atom is 0.347 e. The number of carboxylic acid groups (broad SMARTS) is 2. The lowest BCUT2D eigenvalue weighted by molar-refractivity contribution is -0.425. The van der Waals surface area contributed by atoms with Gasteiger partial charge in [-0.05, 0) is 40.5 Å². The minimum Gasteiger partial charge on any atom is -0.480 e. The van der Waals surface area contributed by atoms with Crippen LogP contribution in [0.5, 0.6) is 0 Å². The zero-order chi connectivity index (χ0) is 26.8. The first-order valence-electron chi connectivity index (χ1n) is 12.5. The third kappa shape index (κ3) is 8.92. The highest BCUT2D eigenvalue weighted by Gasteiger charge is 2.74. The first-order valence-corrected chi connectivity index (χ1v) is 12.5. The number of ether oxygens (including phenoxy) is 7. The lowest BCUT2D eigenvalue weighted by Gasteiger charge is -2.53. The van der Waals surface area contributed by atoms with Gasteiger partial charge in [0.2, 0.25) is 11.6 Å². The van der Waals surface area contributed by atoms with Gasteiger partial charge >= 0.3 is 11.9 Å². The molecule has 0 fully saturated rings. The average molecular weight is 511 g/mol. The molecule has 0 amide bonds. The summed E-state index contributed by atoms with van der Waals surface area (Å²) in [6.45, 7) is 9.59. The quantitative estimate of drug-likeness (QED) is 0.146. The SMILES string of the molecule is CCCCOC(COCC)(OCC)C(OCC(=O)O)(C(=O)O)C(COCC)(OCC)OCCCC. The molecule has 11 nitrogen and oxygen atoms in total. The number of carbonyl (C=O) groups is 2. The summed E-state index contributed by atoms with van der Waals surface area (Å²) in [6, 6.07) is 0. The van der Waals surface area contributed by atoms with Crippen molar-refractivity contribution in [2.45, 2.75) is 84.4 Å². The molecule has 208 valence electrons. The molecule has 0 saturated heterocycles. The molecule has 0 bridgehead atoms. The molecule has 11 heteroatoms. The van der Waals surface area contributed by atoms with Crippen molar-refractivity contribution in [1.82, 2.24) is 0 Å². The van der Waals surface area contributed by atoms with E-state index in [0.29, 0.717) is 12.8 Å². The highest BCUT2D eigenvalue weighted by molar-refractivity contribution is 5.82. The Hall–Kier alpha value is -1.34. The van der Waals surface area contributed by atoms with Crippen LogP contribution in [0.1, 0.15) is 67.2 Å². The third-order valence-electron chi connectivity index (χ3n) is 5.20. The molecular formula is C24H46O11. The van der Waals surface area contributed by atoms with Gasteiger partial charge in [-0.3, -0.25) is 0 Å². The maximum atomic E-state index is 13.3. The number of hydrogen-bond donors (Lipinski definition) is 2. The molecule has 0 heterocycles. The predicted octanol–water partition coefficient (Wildman–Crippen LogP) is 3.08. The third-order valence-corrected chi connectivity index (χ3v) is 5.20. The van der Waals surface area contributed by atoms with Crippen LogP contribution in [0.25, 0.3) is 0 Å². The summed E-state index contributed by atoms with van der Waals surface area (Å²) >= 11 is 0. The van der Waals surface area contributed by atoms with Gasteiger partial charge in [-0.25, -0.2) is 9.59 Å². The number of rotatable bonds is 24. The van der Waals surface area contributed by atoms with Crippen molar-refractivity contribution in [1.29, 1.82) is 0 Å². The molecular weight excluding hydrogens is 464 g/mol. The summed E-state index contributed by atoms with van der Waals surface area (Å²) in [5.74, 6) is -7.24. The summed E-state index contributed by atoms with van der Waals surface area (Å²) in [6.07, 6.45) is 2.68. The monoisotopic (exact) mass is 510 g/mol. The van der Waals surface area contributed by atoms with Crippen molar-refractivity contribution >= 4 is 11.9 Å². The Morgan fingerprint density at radius 3 is 1.34 bits per heavy atom. The Bertz CT molecular complexity index is 554. The lowest BCUT2D eigenvalue weighted by atomic mass is 9.82. The van der Waals surface area contributed by atoms with Crippen molar-refractivity contribution in [3.63, 3.8) is 0 Å². The van der Waals surface area contributed by atoms with E-state index in [9.17, 15) is 19.8 Å². The molecule has 2 N–H and O–H groups in total. The lowest BCUT2D eigenvalue weighted by Crippen LogP contribution is -2.79. The van der Waals surface area contributed by atoms with Crippen LogP contribution in [-0.4, -0.2) is 98.8 Å². The van der Waals surface area contributed by atoms with E-state index in [2.05, 4.69) is 0 Å². The van der Waals surface area contributed by atoms with E-state index in [1.807, 2.05) is 13.8 Å². The molecule has 2 atom stereocenters. The second-order valence-electron chi connectivity index (χ2n) is 7.72. The van der Waals surface area contributed by atoms with E-state index in [1.54, 1.807) is 27.7 Å². The summed E-state index contributed by atoms with van der Waals surface area (Å²) in [5.41, 5.74) is -2.64. The summed E-state index contributed by atoms with van der Waals surface area (Å²) in [4.78, 5) is 25.0. The van der Waals surface area contributed by atoms with Crippen LogP contribution in [0.2, 0.25) is 0 Å². The van der Waals surface area contributed by atoms with Crippen molar-refractivity contribution in [3.05, 3.63) is 0 Å². The summed E-state index contributed by atoms with van der Waals surface area (Å²) in [5, 5.41) is 20.3. The predicted molar refractivity (Wildman–Crippen MR) is 127 cm³/mol. The van der Waals surface area contributed by atoms with Gasteiger partial charge in [0.25, 0.3) is 5.60 Å². The Labute approximate surface area is 209 Å². The van der Waals surface area contributed by atoms with Gasteiger partial charge in [0.15, 0.2) is 0 Å². The standard InChI is InChI=1S/C24H46O11/c1-7-13-15-33-22(31-11-5,18-29-9-3)24(21(27)28,35-17-20(25)26)23(32-12-6,19-30-10-4)34-16-14-8-2/h7-19H2,1-6H3,(H,25,26)(H,27,28). The molecule has 0 aliphatic carbocycles. The van der Waals surface area contributed by atoms with Gasteiger partial charge in [0.05, 0.1) is 13.2 Å². The molecule has 0 saturated carbocycles. The number of carboxylic acids is 2. The van der Waals surface area contributed by atoms with Gasteiger partial charge in [-0.1, -0.05) is 26.7 Å². The molecule has 0 aliphatic rings. The molecule has 0 spiro atoms. The fourth-order valence-corrected chi connectivity index (χ4v) is 3.63. The molecule has 0 rings (SSSR count). The number of aliphatic carboxylic acids is 2. The zero-order valence-electron chi connectivity index (χ0n) is 22.3. The van der Waals surface area contributed by atoms with Gasteiger partial charge in [0, 0.05) is 26.4 Å². The van der Waals surface area contributed by atoms with Crippen molar-refractivity contribution < 1.29 is 53.0 Å². The fourth-order valence-electron chi connectivity index (χ4n) is 3.63. The van der Waals surface area contributed by atoms with E-state index in [1.165, 1.54) is 0 Å². The van der Waals surface area contributed by atoms with E-state index in [4.69, 9.17) is 33.2 Å². The van der Waals surface area contributed by atoms with E-state index < -0.39 is 35.7 Å². The maximum absolute atomic E-state index is 13.3. The number of hydrogen-bond acceptors (Lipinski definition) is 9. The van der Waals surface area contributed by atoms with E-state index >= 15 is 0 Å². The Morgan fingerprint density at radius 1 is 0.629 bits per heavy atom. The van der Waals surface area contributed by atoms with Crippen LogP contribution in [0, 0.1) is 0 Å². The molecule has 0 aliphatic heterocycles. The minimum absolute atomic E-state index is 0.0104. The Balaban J connectivity index is 7.35. The molecule has 2 unspecified atom stereocenters. The topological polar surface area (TPSA) is 139 Å². The highest BCUT2D eigenvalue weighted by Crippen LogP contribution is 2.45. The summed E-state index contributed by atoms with van der Waals surface area (Å²) < 4.78 is 41.4. The van der Waals surface area contributed by atoms with Crippen LogP contribution in [0.3, 0.4) is 0 Å². The van der Waals surface area contributed by atoms with Gasteiger partial charge in [-0.15, -0.1) is 0 Å². The average Bonchev–Trinajstić information content (AvgIpc) is 2.81. The van der Waals surface area contributed by atoms with Gasteiger partial charge < -0.3 is 43.4 Å². The van der Waals surface area contributed by atoms with Crippen LogP contribution in [0.15, 0.2) is 0 Å². The molecule has 0 aromatic rings. The minimum atomic E-state index is -2.64. The number of unbranched alkanes of at least 4 members (excludes halogenated alkanes) is 2. The Morgan fingerprint density at radius 2 is 1.06 bits per heavy atom. The zero-order valence-corrected chi connectivity index (χ0v) is 22.3. The highest BCUT2D eigenvalue weighted by atomic mass is 16.8. The van der Waals surface area contributed by atoms with Gasteiger partial charge in [-0.2, -0.15) is 0 Å². The van der Waals surface area contributed by atoms with Crippen LogP contribution < -0.4 is 0 Å². The van der Waals surface area contributed by atoms with Crippen LogP contribution >= 0.6 is 0 Å². The molecule has 35 heavy (non-hydrogen) atoms. The molecule has 0 aromatic heterocycles. The first kappa shape index (κ1) is 33.7. The second kappa shape index (κ2) is 18.0. The normalized spacial score (nSPS) is 16.9. The Kier molecular flexibility index (Phi) is 17.3. The van der Waals surface area contributed by atoms with Crippen molar-refractivity contribution in [2.75, 3.05) is 59.5 Å². The largest absolute Gasteiger partial charge is 0.480 e. The molecule has 0 radical (unpaired) electrons. The van der Waals surface area contributed by atoms with E-state index in [0.717, 1.165) is 12.8 Å². The van der Waals surface area contributed by atoms with Crippen molar-refractivity contribution in [2.24, 2.45) is 0 Å². The van der Waals surface area contributed by atoms with E-state index in [-0.39, 0.29) is 52.9 Å². The second-order valence-corrected chi connectivity index (χ2v) is 7.72.